The highest BCUT2D eigenvalue weighted by Gasteiger charge is 2.32. The van der Waals surface area contributed by atoms with E-state index in [-0.39, 0.29) is 5.75 Å². The Morgan fingerprint density at radius 3 is 2.53 bits per heavy atom. The number of hydrogen-bond acceptors (Lipinski definition) is 5. The summed E-state index contributed by atoms with van der Waals surface area (Å²) in [5.41, 5.74) is 8.47. The van der Waals surface area contributed by atoms with E-state index >= 15 is 0 Å². The monoisotopic (exact) mass is 441 g/mol. The van der Waals surface area contributed by atoms with Gasteiger partial charge in [-0.3, -0.25) is 4.79 Å². The second-order valence-corrected chi connectivity index (χ2v) is 7.15. The van der Waals surface area contributed by atoms with Crippen LogP contribution in [-0.4, -0.2) is 26.7 Å². The van der Waals surface area contributed by atoms with Gasteiger partial charge < -0.3 is 24.7 Å². The number of rotatable bonds is 7. The lowest BCUT2D eigenvalue weighted by Gasteiger charge is -2.31. The van der Waals surface area contributed by atoms with E-state index in [1.54, 1.807) is 43.5 Å². The van der Waals surface area contributed by atoms with E-state index in [1.807, 2.05) is 18.2 Å². The van der Waals surface area contributed by atoms with Crippen molar-refractivity contribution in [2.24, 2.45) is 5.73 Å². The van der Waals surface area contributed by atoms with Crippen LogP contribution in [0, 0.1) is 0 Å². The first-order chi connectivity index (χ1) is 15.4. The Morgan fingerprint density at radius 2 is 1.84 bits per heavy atom. The number of amides is 1. The van der Waals surface area contributed by atoms with Crippen LogP contribution in [0.3, 0.4) is 0 Å². The Hall–Kier alpha value is -3.65. The number of ether oxygens (including phenoxy) is 4. The first-order valence-corrected chi connectivity index (χ1v) is 9.77. The van der Waals surface area contributed by atoms with Crippen LogP contribution in [0.1, 0.15) is 28.9 Å². The molecule has 1 aliphatic rings. The number of carbonyl (C=O) groups excluding carboxylic acids is 1. The van der Waals surface area contributed by atoms with Crippen molar-refractivity contribution in [3.05, 3.63) is 77.4 Å². The quantitative estimate of drug-likeness (QED) is 0.579. The van der Waals surface area contributed by atoms with E-state index in [9.17, 15) is 13.6 Å². The fourth-order valence-corrected chi connectivity index (χ4v) is 3.92. The minimum atomic E-state index is -2.99. The molecule has 1 aliphatic heterocycles. The van der Waals surface area contributed by atoms with Crippen molar-refractivity contribution < 1.29 is 32.5 Å². The third kappa shape index (κ3) is 3.97. The number of alkyl halides is 2. The molecule has 32 heavy (non-hydrogen) atoms. The predicted molar refractivity (Wildman–Crippen MR) is 113 cm³/mol. The molecule has 0 bridgehead atoms. The summed E-state index contributed by atoms with van der Waals surface area (Å²) in [6.07, 6.45) is -1.57. The van der Waals surface area contributed by atoms with E-state index in [0.29, 0.717) is 33.8 Å². The number of benzene rings is 3. The lowest BCUT2D eigenvalue weighted by atomic mass is 9.87. The van der Waals surface area contributed by atoms with Crippen LogP contribution in [0.4, 0.5) is 8.78 Å². The van der Waals surface area contributed by atoms with Crippen LogP contribution < -0.4 is 19.9 Å². The zero-order chi connectivity index (χ0) is 22.8. The van der Waals surface area contributed by atoms with Crippen molar-refractivity contribution in [3.8, 4) is 28.4 Å². The molecule has 2 atom stereocenters. The highest BCUT2D eigenvalue weighted by molar-refractivity contribution is 5.84. The van der Waals surface area contributed by atoms with E-state index in [1.165, 1.54) is 13.2 Å². The van der Waals surface area contributed by atoms with Crippen molar-refractivity contribution in [2.75, 3.05) is 14.2 Å². The van der Waals surface area contributed by atoms with Gasteiger partial charge >= 0.3 is 6.61 Å². The van der Waals surface area contributed by atoms with Gasteiger partial charge in [0.25, 0.3) is 5.91 Å². The molecule has 0 radical (unpaired) electrons. The van der Waals surface area contributed by atoms with Gasteiger partial charge in [-0.15, -0.1) is 0 Å². The first kappa shape index (κ1) is 21.6. The molecule has 0 aromatic heterocycles. The van der Waals surface area contributed by atoms with Gasteiger partial charge in [0, 0.05) is 18.2 Å². The molecular formula is C24H21F2NO5. The molecular weight excluding hydrogens is 420 g/mol. The standard InChI is InChI=1S/C24H21F2NO5/c1-29-15-6-3-5-13(11-15)21-17-12-14(22(30-2)23(27)28)9-10-16(17)20-18(31-21)7-4-8-19(20)32-24(25)26/h3-12,21-22,24H,1-2H3,(H2,27,28). The van der Waals surface area contributed by atoms with E-state index in [2.05, 4.69) is 0 Å². The maximum absolute atomic E-state index is 13.1. The number of methoxy groups -OCH3 is 2. The van der Waals surface area contributed by atoms with E-state index < -0.39 is 24.7 Å². The number of fused-ring (bicyclic) bond motifs is 3. The van der Waals surface area contributed by atoms with Crippen molar-refractivity contribution in [2.45, 2.75) is 18.8 Å². The Bertz CT molecular complexity index is 1150. The smallest absolute Gasteiger partial charge is 0.387 e. The van der Waals surface area contributed by atoms with Crippen LogP contribution in [0.5, 0.6) is 17.2 Å². The third-order valence-corrected chi connectivity index (χ3v) is 5.27. The molecule has 0 fully saturated rings. The van der Waals surface area contributed by atoms with Gasteiger partial charge in [0.2, 0.25) is 0 Å². The summed E-state index contributed by atoms with van der Waals surface area (Å²) < 4.78 is 47.7. The third-order valence-electron chi connectivity index (χ3n) is 5.27. The normalized spacial score (nSPS) is 15.3. The molecule has 1 amide bonds. The maximum Gasteiger partial charge on any atom is 0.387 e. The van der Waals surface area contributed by atoms with Gasteiger partial charge in [-0.2, -0.15) is 8.78 Å². The lowest BCUT2D eigenvalue weighted by molar-refractivity contribution is -0.128. The van der Waals surface area contributed by atoms with E-state index in [0.717, 1.165) is 5.56 Å². The summed E-state index contributed by atoms with van der Waals surface area (Å²) >= 11 is 0. The SMILES string of the molecule is COc1cccc(C2Oc3cccc(OC(F)F)c3-c3ccc(C(OC)C(N)=O)cc32)c1. The van der Waals surface area contributed by atoms with E-state index in [4.69, 9.17) is 24.7 Å². The topological polar surface area (TPSA) is 80.0 Å². The van der Waals surface area contributed by atoms with Crippen molar-refractivity contribution in [1.82, 2.24) is 0 Å². The molecule has 4 rings (SSSR count). The van der Waals surface area contributed by atoms with Gasteiger partial charge in [-0.25, -0.2) is 0 Å². The van der Waals surface area contributed by atoms with Crippen molar-refractivity contribution in [1.29, 1.82) is 0 Å². The second-order valence-electron chi connectivity index (χ2n) is 7.15. The number of nitrogens with two attached hydrogens (primary N) is 1. The summed E-state index contributed by atoms with van der Waals surface area (Å²) in [5.74, 6) is 0.378. The molecule has 0 aliphatic carbocycles. The number of primary amides is 1. The Labute approximate surface area is 183 Å². The minimum Gasteiger partial charge on any atom is -0.497 e. The average molecular weight is 441 g/mol. The Morgan fingerprint density at radius 1 is 1.06 bits per heavy atom. The van der Waals surface area contributed by atoms with Gasteiger partial charge in [-0.1, -0.05) is 30.3 Å². The molecule has 1 heterocycles. The lowest BCUT2D eigenvalue weighted by Crippen LogP contribution is -2.24. The molecule has 0 saturated carbocycles. The number of hydrogen-bond donors (Lipinski definition) is 1. The molecule has 0 spiro atoms. The number of halogens is 2. The second kappa shape index (κ2) is 8.84. The fraction of sp³-hybridized carbons (Fsp3) is 0.208. The largest absolute Gasteiger partial charge is 0.497 e. The maximum atomic E-state index is 13.1. The zero-order valence-electron chi connectivity index (χ0n) is 17.4. The highest BCUT2D eigenvalue weighted by Crippen LogP contribution is 2.50. The van der Waals surface area contributed by atoms with Gasteiger partial charge in [0.15, 0.2) is 6.10 Å². The first-order valence-electron chi connectivity index (χ1n) is 9.77. The summed E-state index contributed by atoms with van der Waals surface area (Å²) in [6.45, 7) is -2.99. The summed E-state index contributed by atoms with van der Waals surface area (Å²) in [6, 6.07) is 17.2. The highest BCUT2D eigenvalue weighted by atomic mass is 19.3. The van der Waals surface area contributed by atoms with Crippen LogP contribution in [0.15, 0.2) is 60.7 Å². The molecule has 0 saturated heterocycles. The molecule has 6 nitrogen and oxygen atoms in total. The van der Waals surface area contributed by atoms with Crippen LogP contribution in [-0.2, 0) is 9.53 Å². The summed E-state index contributed by atoms with van der Waals surface area (Å²) in [4.78, 5) is 11.9. The summed E-state index contributed by atoms with van der Waals surface area (Å²) in [7, 11) is 2.95. The van der Waals surface area contributed by atoms with Gasteiger partial charge in [0.1, 0.15) is 23.4 Å². The molecule has 2 N–H and O–H groups in total. The number of carbonyl (C=O) groups is 1. The van der Waals surface area contributed by atoms with Crippen LogP contribution in [0.2, 0.25) is 0 Å². The average Bonchev–Trinajstić information content (AvgIpc) is 2.78. The molecule has 166 valence electrons. The van der Waals surface area contributed by atoms with Crippen LogP contribution in [0.25, 0.3) is 11.1 Å². The summed E-state index contributed by atoms with van der Waals surface area (Å²) in [5, 5.41) is 0. The van der Waals surface area contributed by atoms with Crippen molar-refractivity contribution >= 4 is 5.91 Å². The van der Waals surface area contributed by atoms with Crippen LogP contribution >= 0.6 is 0 Å². The predicted octanol–water partition coefficient (Wildman–Crippen LogP) is 4.62. The molecule has 3 aromatic rings. The molecule has 3 aromatic carbocycles. The van der Waals surface area contributed by atoms with Crippen molar-refractivity contribution in [3.63, 3.8) is 0 Å². The fourth-order valence-electron chi connectivity index (χ4n) is 3.92. The Balaban J connectivity index is 1.93. The minimum absolute atomic E-state index is 0.00575. The molecule has 2 unspecified atom stereocenters. The van der Waals surface area contributed by atoms with Gasteiger partial charge in [-0.05, 0) is 41.5 Å². The molecule has 8 heteroatoms. The van der Waals surface area contributed by atoms with Gasteiger partial charge in [0.05, 0.1) is 12.7 Å². The zero-order valence-corrected chi connectivity index (χ0v) is 17.4. The Kier molecular flexibility index (Phi) is 5.96.